The van der Waals surface area contributed by atoms with Gasteiger partial charge in [0.05, 0.1) is 13.2 Å². The zero-order valence-electron chi connectivity index (χ0n) is 12.6. The normalized spacial score (nSPS) is 31.1. The average molecular weight is 282 g/mol. The summed E-state index contributed by atoms with van der Waals surface area (Å²) < 4.78 is 11.5. The molecule has 0 aromatic rings. The van der Waals surface area contributed by atoms with Crippen molar-refractivity contribution in [2.75, 3.05) is 26.3 Å². The Balaban J connectivity index is 1.55. The van der Waals surface area contributed by atoms with Gasteiger partial charge in [0.15, 0.2) is 5.79 Å². The smallest absolute Gasteiger partial charge is 0.317 e. The summed E-state index contributed by atoms with van der Waals surface area (Å²) in [6, 6.07) is 0.383. The fraction of sp³-hybridized carbons (Fsp3) is 0.933. The van der Waals surface area contributed by atoms with Crippen LogP contribution in [-0.2, 0) is 9.47 Å². The third-order valence-electron chi connectivity index (χ3n) is 4.99. The van der Waals surface area contributed by atoms with Crippen molar-refractivity contribution in [2.24, 2.45) is 11.8 Å². The maximum atomic E-state index is 12.3. The predicted molar refractivity (Wildman–Crippen MR) is 75.3 cm³/mol. The Labute approximate surface area is 121 Å². The first kappa shape index (κ1) is 14.1. The molecule has 0 radical (unpaired) electrons. The topological polar surface area (TPSA) is 50.8 Å². The Morgan fingerprint density at radius 2 is 2.00 bits per heavy atom. The van der Waals surface area contributed by atoms with E-state index in [-0.39, 0.29) is 11.9 Å². The highest BCUT2D eigenvalue weighted by Gasteiger charge is 2.42. The molecule has 2 atom stereocenters. The Morgan fingerprint density at radius 1 is 1.30 bits per heavy atom. The van der Waals surface area contributed by atoms with Crippen LogP contribution in [0.25, 0.3) is 0 Å². The Hall–Kier alpha value is -0.810. The van der Waals surface area contributed by atoms with Gasteiger partial charge < -0.3 is 19.7 Å². The maximum absolute atomic E-state index is 12.3. The van der Waals surface area contributed by atoms with Gasteiger partial charge in [-0.1, -0.05) is 0 Å². The van der Waals surface area contributed by atoms with Crippen LogP contribution in [0.15, 0.2) is 0 Å². The van der Waals surface area contributed by atoms with E-state index in [0.29, 0.717) is 25.2 Å². The standard InChI is InChI=1S/C15H26N2O3/c1-11(12-5-6-12)16-14(18)17-7-3-4-13(10-17)15(2)19-8-9-20-15/h11-13H,3-10H2,1-2H3,(H,16,18)/t11-,13+/m0/s1. The first-order valence-corrected chi connectivity index (χ1v) is 7.92. The number of carbonyl (C=O) groups is 1. The van der Waals surface area contributed by atoms with E-state index in [1.54, 1.807) is 0 Å². The minimum atomic E-state index is -0.499. The Kier molecular flexibility index (Phi) is 3.91. The first-order chi connectivity index (χ1) is 9.58. The molecule has 20 heavy (non-hydrogen) atoms. The molecule has 3 rings (SSSR count). The number of hydrogen-bond acceptors (Lipinski definition) is 3. The second kappa shape index (κ2) is 5.53. The molecule has 0 unspecified atom stereocenters. The van der Waals surface area contributed by atoms with Crippen LogP contribution in [0.5, 0.6) is 0 Å². The summed E-state index contributed by atoms with van der Waals surface area (Å²) in [5, 5.41) is 3.14. The largest absolute Gasteiger partial charge is 0.347 e. The molecule has 1 saturated carbocycles. The summed E-state index contributed by atoms with van der Waals surface area (Å²) in [7, 11) is 0. The van der Waals surface area contributed by atoms with Crippen molar-refractivity contribution in [3.05, 3.63) is 0 Å². The molecule has 0 spiro atoms. The number of nitrogens with zero attached hydrogens (tertiary/aromatic N) is 1. The monoisotopic (exact) mass is 282 g/mol. The van der Waals surface area contributed by atoms with Gasteiger partial charge in [-0.2, -0.15) is 0 Å². The fourth-order valence-corrected chi connectivity index (χ4v) is 3.36. The summed E-state index contributed by atoms with van der Waals surface area (Å²) in [5.74, 6) is 0.473. The van der Waals surface area contributed by atoms with E-state index >= 15 is 0 Å². The van der Waals surface area contributed by atoms with Crippen LogP contribution in [0.4, 0.5) is 4.79 Å². The van der Waals surface area contributed by atoms with Crippen LogP contribution in [0.1, 0.15) is 39.5 Å². The molecule has 2 aliphatic heterocycles. The lowest BCUT2D eigenvalue weighted by atomic mass is 9.90. The van der Waals surface area contributed by atoms with E-state index in [4.69, 9.17) is 9.47 Å². The second-order valence-electron chi connectivity index (χ2n) is 6.57. The molecule has 3 fully saturated rings. The number of likely N-dealkylation sites (tertiary alicyclic amines) is 1. The lowest BCUT2D eigenvalue weighted by Gasteiger charge is -2.40. The number of ether oxygens (including phenoxy) is 2. The Bertz CT molecular complexity index is 364. The summed E-state index contributed by atoms with van der Waals surface area (Å²) in [6.07, 6.45) is 4.60. The Morgan fingerprint density at radius 3 is 2.65 bits per heavy atom. The third-order valence-corrected chi connectivity index (χ3v) is 4.99. The molecule has 2 saturated heterocycles. The highest BCUT2D eigenvalue weighted by Crippen LogP contribution is 2.35. The van der Waals surface area contributed by atoms with Crippen LogP contribution < -0.4 is 5.32 Å². The number of piperidine rings is 1. The van der Waals surface area contributed by atoms with Gasteiger partial charge in [0.1, 0.15) is 0 Å². The van der Waals surface area contributed by atoms with Gasteiger partial charge in [-0.25, -0.2) is 4.79 Å². The molecule has 5 nitrogen and oxygen atoms in total. The lowest BCUT2D eigenvalue weighted by molar-refractivity contribution is -0.189. The van der Waals surface area contributed by atoms with E-state index in [2.05, 4.69) is 12.2 Å². The van der Waals surface area contributed by atoms with E-state index in [0.717, 1.165) is 25.9 Å². The van der Waals surface area contributed by atoms with Gasteiger partial charge in [0, 0.05) is 25.0 Å². The molecular weight excluding hydrogens is 256 g/mol. The second-order valence-corrected chi connectivity index (χ2v) is 6.57. The van der Waals surface area contributed by atoms with Crippen LogP contribution in [0, 0.1) is 11.8 Å². The third kappa shape index (κ3) is 2.93. The van der Waals surface area contributed by atoms with Crippen molar-refractivity contribution in [2.45, 2.75) is 51.4 Å². The van der Waals surface area contributed by atoms with E-state index in [1.807, 2.05) is 11.8 Å². The molecule has 0 bridgehead atoms. The lowest BCUT2D eigenvalue weighted by Crippen LogP contribution is -2.52. The fourth-order valence-electron chi connectivity index (χ4n) is 3.36. The highest BCUT2D eigenvalue weighted by atomic mass is 16.7. The quantitative estimate of drug-likeness (QED) is 0.861. The van der Waals surface area contributed by atoms with E-state index in [1.165, 1.54) is 12.8 Å². The molecule has 2 heterocycles. The molecule has 3 aliphatic rings. The first-order valence-electron chi connectivity index (χ1n) is 7.92. The van der Waals surface area contributed by atoms with Gasteiger partial charge in [0.2, 0.25) is 0 Å². The maximum Gasteiger partial charge on any atom is 0.317 e. The van der Waals surface area contributed by atoms with Gasteiger partial charge in [-0.05, 0) is 45.4 Å². The predicted octanol–water partition coefficient (Wildman–Crippen LogP) is 1.97. The van der Waals surface area contributed by atoms with Crippen molar-refractivity contribution in [3.63, 3.8) is 0 Å². The summed E-state index contributed by atoms with van der Waals surface area (Å²) >= 11 is 0. The molecule has 2 amide bonds. The molecular formula is C15H26N2O3. The van der Waals surface area contributed by atoms with Crippen LogP contribution >= 0.6 is 0 Å². The van der Waals surface area contributed by atoms with Gasteiger partial charge in [-0.3, -0.25) is 0 Å². The van der Waals surface area contributed by atoms with Gasteiger partial charge >= 0.3 is 6.03 Å². The number of rotatable bonds is 3. The number of amides is 2. The number of carbonyl (C=O) groups excluding carboxylic acids is 1. The summed E-state index contributed by atoms with van der Waals surface area (Å²) in [5.41, 5.74) is 0. The van der Waals surface area contributed by atoms with Crippen LogP contribution in [0.2, 0.25) is 0 Å². The van der Waals surface area contributed by atoms with Crippen molar-refractivity contribution < 1.29 is 14.3 Å². The summed E-state index contributed by atoms with van der Waals surface area (Å²) in [4.78, 5) is 14.3. The summed E-state index contributed by atoms with van der Waals surface area (Å²) in [6.45, 7) is 7.03. The number of nitrogens with one attached hydrogen (secondary N) is 1. The number of hydrogen-bond donors (Lipinski definition) is 1. The van der Waals surface area contributed by atoms with Crippen LogP contribution in [0.3, 0.4) is 0 Å². The molecule has 1 aliphatic carbocycles. The zero-order chi connectivity index (χ0) is 14.2. The minimum absolute atomic E-state index is 0.0793. The van der Waals surface area contributed by atoms with Crippen molar-refractivity contribution in [1.29, 1.82) is 0 Å². The molecule has 0 aromatic carbocycles. The number of urea groups is 1. The molecule has 5 heteroatoms. The molecule has 114 valence electrons. The average Bonchev–Trinajstić information content (AvgIpc) is 3.21. The van der Waals surface area contributed by atoms with Crippen molar-refractivity contribution >= 4 is 6.03 Å². The zero-order valence-corrected chi connectivity index (χ0v) is 12.6. The van der Waals surface area contributed by atoms with Crippen LogP contribution in [-0.4, -0.2) is 49.1 Å². The minimum Gasteiger partial charge on any atom is -0.347 e. The van der Waals surface area contributed by atoms with Crippen molar-refractivity contribution in [1.82, 2.24) is 10.2 Å². The van der Waals surface area contributed by atoms with Gasteiger partial charge in [-0.15, -0.1) is 0 Å². The molecule has 0 aromatic heterocycles. The van der Waals surface area contributed by atoms with E-state index < -0.39 is 5.79 Å². The molecule has 1 N–H and O–H groups in total. The van der Waals surface area contributed by atoms with E-state index in [9.17, 15) is 4.79 Å². The van der Waals surface area contributed by atoms with Gasteiger partial charge in [0.25, 0.3) is 0 Å². The van der Waals surface area contributed by atoms with Crippen molar-refractivity contribution in [3.8, 4) is 0 Å². The highest BCUT2D eigenvalue weighted by molar-refractivity contribution is 5.74. The SMILES string of the molecule is C[C@H](NC(=O)N1CCC[C@@H](C2(C)OCCO2)C1)C1CC1.